The van der Waals surface area contributed by atoms with Crippen LogP contribution in [0.5, 0.6) is 0 Å². The van der Waals surface area contributed by atoms with Crippen LogP contribution in [0.1, 0.15) is 33.3 Å². The van der Waals surface area contributed by atoms with Crippen molar-refractivity contribution in [2.45, 2.75) is 27.7 Å². The minimum atomic E-state index is 0.380. The van der Waals surface area contributed by atoms with E-state index >= 15 is 0 Å². The number of benzene rings is 2. The minimum absolute atomic E-state index is 0.380. The SMILES string of the molecule is CC.CC.NC(=NCCS)c1ccc(N)cc1.Nc1ncc2ccc(Br)cc2c1N. The zero-order valence-corrected chi connectivity index (χ0v) is 20.5. The summed E-state index contributed by atoms with van der Waals surface area (Å²) in [5, 5.41) is 1.93. The summed E-state index contributed by atoms with van der Waals surface area (Å²) in [4.78, 5) is 8.09. The molecule has 2 aromatic carbocycles. The largest absolute Gasteiger partial charge is 0.399 e. The van der Waals surface area contributed by atoms with Crippen LogP contribution in [0.4, 0.5) is 17.2 Å². The van der Waals surface area contributed by atoms with E-state index < -0.39 is 0 Å². The van der Waals surface area contributed by atoms with Gasteiger partial charge in [0.1, 0.15) is 11.7 Å². The summed E-state index contributed by atoms with van der Waals surface area (Å²) in [5.41, 5.74) is 24.8. The Bertz CT molecular complexity index is 908. The van der Waals surface area contributed by atoms with Crippen molar-refractivity contribution in [1.29, 1.82) is 0 Å². The molecule has 30 heavy (non-hydrogen) atoms. The van der Waals surface area contributed by atoms with Crippen LogP contribution in [0, 0.1) is 0 Å². The average molecular weight is 494 g/mol. The summed E-state index contributed by atoms with van der Waals surface area (Å²) in [6, 6.07) is 13.1. The second-order valence-corrected chi connectivity index (χ2v) is 6.76. The lowest BCUT2D eigenvalue weighted by molar-refractivity contribution is 1.14. The predicted molar refractivity (Wildman–Crippen MR) is 141 cm³/mol. The fraction of sp³-hybridized carbons (Fsp3) is 0.273. The normalized spacial score (nSPS) is 10.0. The highest BCUT2D eigenvalue weighted by molar-refractivity contribution is 9.10. The van der Waals surface area contributed by atoms with Crippen LogP contribution in [-0.2, 0) is 0 Å². The number of nitrogens with zero attached hydrogens (tertiary/aromatic N) is 2. The molecule has 3 aromatic rings. The third-order valence-corrected chi connectivity index (χ3v) is 4.21. The third kappa shape index (κ3) is 8.92. The third-order valence-electron chi connectivity index (χ3n) is 3.51. The maximum atomic E-state index is 5.78. The number of nitrogen functional groups attached to an aromatic ring is 3. The zero-order chi connectivity index (χ0) is 23.1. The predicted octanol–water partition coefficient (Wildman–Crippen LogP) is 5.12. The fourth-order valence-electron chi connectivity index (χ4n) is 2.14. The van der Waals surface area contributed by atoms with Gasteiger partial charge >= 0.3 is 0 Å². The Morgan fingerprint density at radius 2 is 1.60 bits per heavy atom. The molecule has 0 radical (unpaired) electrons. The molecule has 0 saturated heterocycles. The number of anilines is 3. The van der Waals surface area contributed by atoms with Crippen molar-refractivity contribution in [2.24, 2.45) is 10.7 Å². The molecule has 0 amide bonds. The topological polar surface area (TPSA) is 129 Å². The summed E-state index contributed by atoms with van der Waals surface area (Å²) in [5.74, 6) is 1.62. The van der Waals surface area contributed by atoms with E-state index in [4.69, 9.17) is 22.9 Å². The number of fused-ring (bicyclic) bond motifs is 1. The molecule has 1 heterocycles. The van der Waals surface area contributed by atoms with Gasteiger partial charge in [-0.3, -0.25) is 4.99 Å². The van der Waals surface area contributed by atoms with Gasteiger partial charge in [-0.15, -0.1) is 0 Å². The molecular formula is C22H33BrN6S. The fourth-order valence-corrected chi connectivity index (χ4v) is 2.60. The maximum Gasteiger partial charge on any atom is 0.147 e. The first-order valence-corrected chi connectivity index (χ1v) is 11.2. The minimum Gasteiger partial charge on any atom is -0.399 e. The molecule has 0 atom stereocenters. The Morgan fingerprint density at radius 1 is 1.00 bits per heavy atom. The van der Waals surface area contributed by atoms with Crippen molar-refractivity contribution >= 4 is 62.4 Å². The first-order chi connectivity index (χ1) is 14.4. The van der Waals surface area contributed by atoms with Gasteiger partial charge in [0.25, 0.3) is 0 Å². The monoisotopic (exact) mass is 492 g/mol. The van der Waals surface area contributed by atoms with Crippen molar-refractivity contribution in [3.63, 3.8) is 0 Å². The molecule has 8 heteroatoms. The molecule has 0 unspecified atom stereocenters. The first kappa shape index (κ1) is 27.5. The van der Waals surface area contributed by atoms with Gasteiger partial charge in [0, 0.05) is 38.4 Å². The van der Waals surface area contributed by atoms with Crippen molar-refractivity contribution in [2.75, 3.05) is 29.5 Å². The molecular weight excluding hydrogens is 460 g/mol. The number of thiol groups is 1. The van der Waals surface area contributed by atoms with Crippen LogP contribution < -0.4 is 22.9 Å². The van der Waals surface area contributed by atoms with E-state index in [1.807, 2.05) is 58.0 Å². The maximum absolute atomic E-state index is 5.78. The molecule has 1 aromatic heterocycles. The van der Waals surface area contributed by atoms with Crippen LogP contribution in [0.2, 0.25) is 0 Å². The lowest BCUT2D eigenvalue weighted by Gasteiger charge is -2.04. The van der Waals surface area contributed by atoms with Crippen LogP contribution in [-0.4, -0.2) is 23.1 Å². The zero-order valence-electron chi connectivity index (χ0n) is 18.1. The van der Waals surface area contributed by atoms with E-state index in [0.29, 0.717) is 29.6 Å². The number of halogens is 1. The Morgan fingerprint density at radius 3 is 2.17 bits per heavy atom. The molecule has 0 aliphatic heterocycles. The summed E-state index contributed by atoms with van der Waals surface area (Å²) in [7, 11) is 0. The van der Waals surface area contributed by atoms with Crippen LogP contribution in [0.3, 0.4) is 0 Å². The Balaban J connectivity index is 0.000000481. The molecule has 0 bridgehead atoms. The number of aromatic nitrogens is 1. The Labute approximate surface area is 193 Å². The quantitative estimate of drug-likeness (QED) is 0.150. The standard InChI is InChI=1S/C9H8BrN3.C9H13N3S.2C2H6/c10-6-2-1-5-4-13-9(12)8(11)7(5)3-6;10-8-3-1-7(2-4-8)9(11)12-5-6-13;2*1-2/h1-4H,11H2,(H2,12,13);1-4,13H,5-6,10H2,(H2,11,12);2*1-2H3. The van der Waals surface area contributed by atoms with Gasteiger partial charge in [0.15, 0.2) is 0 Å². The van der Waals surface area contributed by atoms with E-state index in [-0.39, 0.29) is 0 Å². The number of aliphatic imine (C=N–C) groups is 1. The van der Waals surface area contributed by atoms with E-state index in [0.717, 1.165) is 26.5 Å². The van der Waals surface area contributed by atoms with Gasteiger partial charge in [0.05, 0.1) is 12.2 Å². The van der Waals surface area contributed by atoms with Crippen LogP contribution in [0.15, 0.2) is 58.1 Å². The highest BCUT2D eigenvalue weighted by atomic mass is 79.9. The number of hydrogen-bond donors (Lipinski definition) is 5. The number of pyridine rings is 1. The van der Waals surface area contributed by atoms with Crippen LogP contribution in [0.25, 0.3) is 10.8 Å². The summed E-state index contributed by atoms with van der Waals surface area (Å²) in [6.07, 6.45) is 1.72. The molecule has 0 fully saturated rings. The van der Waals surface area contributed by atoms with E-state index in [1.54, 1.807) is 18.3 Å². The Kier molecular flexibility index (Phi) is 14.1. The van der Waals surface area contributed by atoms with Gasteiger partial charge < -0.3 is 22.9 Å². The van der Waals surface area contributed by atoms with Gasteiger partial charge in [-0.05, 0) is 36.4 Å². The summed E-state index contributed by atoms with van der Waals surface area (Å²) in [6.45, 7) is 8.64. The van der Waals surface area contributed by atoms with Gasteiger partial charge in [-0.25, -0.2) is 4.98 Å². The highest BCUT2D eigenvalue weighted by Crippen LogP contribution is 2.27. The van der Waals surface area contributed by atoms with Gasteiger partial charge in [-0.1, -0.05) is 49.7 Å². The molecule has 3 rings (SSSR count). The first-order valence-electron chi connectivity index (χ1n) is 9.78. The highest BCUT2D eigenvalue weighted by Gasteiger charge is 2.02. The molecule has 8 N–H and O–H groups in total. The van der Waals surface area contributed by atoms with Gasteiger partial charge in [-0.2, -0.15) is 12.6 Å². The van der Waals surface area contributed by atoms with E-state index in [9.17, 15) is 0 Å². The molecule has 164 valence electrons. The molecule has 0 spiro atoms. The number of amidine groups is 1. The van der Waals surface area contributed by atoms with E-state index in [2.05, 4.69) is 38.5 Å². The Hall–Kier alpha value is -2.45. The van der Waals surface area contributed by atoms with Gasteiger partial charge in [0.2, 0.25) is 0 Å². The second kappa shape index (κ2) is 15.4. The van der Waals surface area contributed by atoms with E-state index in [1.165, 1.54) is 0 Å². The molecule has 0 aliphatic carbocycles. The molecule has 6 nitrogen and oxygen atoms in total. The van der Waals surface area contributed by atoms with Crippen molar-refractivity contribution in [3.05, 3.63) is 58.7 Å². The smallest absolute Gasteiger partial charge is 0.147 e. The number of nitrogens with two attached hydrogens (primary N) is 4. The van der Waals surface area contributed by atoms with Crippen LogP contribution >= 0.6 is 28.6 Å². The average Bonchev–Trinajstić information content (AvgIpc) is 2.78. The molecule has 0 saturated carbocycles. The van der Waals surface area contributed by atoms with Crippen molar-refractivity contribution < 1.29 is 0 Å². The lowest BCUT2D eigenvalue weighted by Crippen LogP contribution is -2.14. The summed E-state index contributed by atoms with van der Waals surface area (Å²) >= 11 is 7.42. The van der Waals surface area contributed by atoms with Crippen molar-refractivity contribution in [1.82, 2.24) is 4.98 Å². The summed E-state index contributed by atoms with van der Waals surface area (Å²) < 4.78 is 0.984. The lowest BCUT2D eigenvalue weighted by atomic mass is 10.1. The number of hydrogen-bond acceptors (Lipinski definition) is 6. The number of rotatable bonds is 3. The molecule has 0 aliphatic rings. The second-order valence-electron chi connectivity index (χ2n) is 5.40. The van der Waals surface area contributed by atoms with Crippen molar-refractivity contribution in [3.8, 4) is 0 Å².